The lowest BCUT2D eigenvalue weighted by molar-refractivity contribution is 0.242. The SMILES string of the molecule is CCCCCC(CCO)CCCC. The predicted octanol–water partition coefficient (Wildman–Crippen LogP) is 3.76. The molecule has 0 heterocycles. The zero-order chi connectivity index (χ0) is 9.94. The number of rotatable bonds is 9. The minimum atomic E-state index is 0.376. The number of hydrogen-bond acceptors (Lipinski definition) is 1. The van der Waals surface area contributed by atoms with Gasteiger partial charge in [0.1, 0.15) is 0 Å². The van der Waals surface area contributed by atoms with Gasteiger partial charge in [0.05, 0.1) is 0 Å². The molecule has 0 aromatic heterocycles. The summed E-state index contributed by atoms with van der Waals surface area (Å²) < 4.78 is 0. The Morgan fingerprint density at radius 3 is 2.00 bits per heavy atom. The van der Waals surface area contributed by atoms with E-state index in [4.69, 9.17) is 5.11 Å². The summed E-state index contributed by atoms with van der Waals surface area (Å²) in [6.07, 6.45) is 10.3. The van der Waals surface area contributed by atoms with E-state index >= 15 is 0 Å². The summed E-state index contributed by atoms with van der Waals surface area (Å²) in [6, 6.07) is 0. The van der Waals surface area contributed by atoms with E-state index in [1.165, 1.54) is 44.9 Å². The Bertz CT molecular complexity index is 91.1. The average molecular weight is 186 g/mol. The van der Waals surface area contributed by atoms with Crippen molar-refractivity contribution in [3.8, 4) is 0 Å². The van der Waals surface area contributed by atoms with Gasteiger partial charge in [-0.3, -0.25) is 0 Å². The van der Waals surface area contributed by atoms with Crippen LogP contribution < -0.4 is 0 Å². The second-order valence-corrected chi connectivity index (χ2v) is 4.02. The van der Waals surface area contributed by atoms with Gasteiger partial charge in [-0.1, -0.05) is 58.8 Å². The third kappa shape index (κ3) is 8.29. The van der Waals surface area contributed by atoms with Crippen molar-refractivity contribution in [2.75, 3.05) is 6.61 Å². The van der Waals surface area contributed by atoms with E-state index in [9.17, 15) is 0 Å². The highest BCUT2D eigenvalue weighted by atomic mass is 16.3. The zero-order valence-electron chi connectivity index (χ0n) is 9.39. The normalized spacial score (nSPS) is 13.2. The molecule has 0 amide bonds. The highest BCUT2D eigenvalue weighted by Gasteiger charge is 2.06. The van der Waals surface area contributed by atoms with Crippen LogP contribution in [-0.4, -0.2) is 11.7 Å². The molecule has 0 spiro atoms. The summed E-state index contributed by atoms with van der Waals surface area (Å²) in [6.45, 7) is 4.86. The van der Waals surface area contributed by atoms with Crippen LogP contribution in [0.4, 0.5) is 0 Å². The van der Waals surface area contributed by atoms with Crippen LogP contribution in [0.15, 0.2) is 0 Å². The van der Waals surface area contributed by atoms with Gasteiger partial charge < -0.3 is 5.11 Å². The molecule has 80 valence electrons. The predicted molar refractivity (Wildman–Crippen MR) is 58.9 cm³/mol. The van der Waals surface area contributed by atoms with Gasteiger partial charge in [0.15, 0.2) is 0 Å². The van der Waals surface area contributed by atoms with Gasteiger partial charge >= 0.3 is 0 Å². The molecule has 0 rings (SSSR count). The largest absolute Gasteiger partial charge is 0.396 e. The number of unbranched alkanes of at least 4 members (excludes halogenated alkanes) is 3. The highest BCUT2D eigenvalue weighted by Crippen LogP contribution is 2.19. The fraction of sp³-hybridized carbons (Fsp3) is 1.00. The molecule has 1 unspecified atom stereocenters. The van der Waals surface area contributed by atoms with Crippen molar-refractivity contribution >= 4 is 0 Å². The van der Waals surface area contributed by atoms with Gasteiger partial charge in [-0.05, 0) is 12.3 Å². The molecule has 0 aromatic carbocycles. The number of aliphatic hydroxyl groups is 1. The molecule has 1 heteroatoms. The quantitative estimate of drug-likeness (QED) is 0.544. The Balaban J connectivity index is 3.41. The Labute approximate surface area is 83.5 Å². The van der Waals surface area contributed by atoms with Crippen LogP contribution >= 0.6 is 0 Å². The second kappa shape index (κ2) is 10.0. The molecule has 1 N–H and O–H groups in total. The minimum absolute atomic E-state index is 0.376. The third-order valence-corrected chi connectivity index (χ3v) is 2.72. The first kappa shape index (κ1) is 13.0. The molecule has 1 nitrogen and oxygen atoms in total. The molecule has 1 atom stereocenters. The molecule has 0 aliphatic heterocycles. The van der Waals surface area contributed by atoms with Crippen molar-refractivity contribution in [2.45, 2.75) is 65.2 Å². The topological polar surface area (TPSA) is 20.2 Å². The van der Waals surface area contributed by atoms with E-state index in [2.05, 4.69) is 13.8 Å². The zero-order valence-corrected chi connectivity index (χ0v) is 9.39. The van der Waals surface area contributed by atoms with E-state index in [1.54, 1.807) is 0 Å². The van der Waals surface area contributed by atoms with Gasteiger partial charge in [0.25, 0.3) is 0 Å². The van der Waals surface area contributed by atoms with E-state index < -0.39 is 0 Å². The van der Waals surface area contributed by atoms with E-state index in [1.807, 2.05) is 0 Å². The summed E-state index contributed by atoms with van der Waals surface area (Å²) in [4.78, 5) is 0. The Kier molecular flexibility index (Phi) is 10.0. The number of hydrogen-bond donors (Lipinski definition) is 1. The molecule has 13 heavy (non-hydrogen) atoms. The fourth-order valence-electron chi connectivity index (χ4n) is 1.79. The monoisotopic (exact) mass is 186 g/mol. The summed E-state index contributed by atoms with van der Waals surface area (Å²) in [7, 11) is 0. The molecule has 0 fully saturated rings. The molecule has 0 aliphatic rings. The molecule has 0 aromatic rings. The van der Waals surface area contributed by atoms with Gasteiger partial charge in [0, 0.05) is 6.61 Å². The van der Waals surface area contributed by atoms with Crippen LogP contribution in [0.3, 0.4) is 0 Å². The molecular weight excluding hydrogens is 160 g/mol. The maximum atomic E-state index is 8.89. The molecule has 0 bridgehead atoms. The first-order valence-electron chi connectivity index (χ1n) is 5.96. The fourth-order valence-corrected chi connectivity index (χ4v) is 1.79. The summed E-state index contributed by atoms with van der Waals surface area (Å²) >= 11 is 0. The van der Waals surface area contributed by atoms with E-state index in [0.29, 0.717) is 6.61 Å². The lowest BCUT2D eigenvalue weighted by Crippen LogP contribution is -2.03. The molecular formula is C12H26O. The van der Waals surface area contributed by atoms with Crippen molar-refractivity contribution in [3.63, 3.8) is 0 Å². The average Bonchev–Trinajstić information content (AvgIpc) is 2.14. The summed E-state index contributed by atoms with van der Waals surface area (Å²) in [5.41, 5.74) is 0. The van der Waals surface area contributed by atoms with Crippen molar-refractivity contribution in [3.05, 3.63) is 0 Å². The lowest BCUT2D eigenvalue weighted by Gasteiger charge is -2.14. The van der Waals surface area contributed by atoms with E-state index in [-0.39, 0.29) is 0 Å². The molecule has 0 aliphatic carbocycles. The molecule has 0 saturated heterocycles. The van der Waals surface area contributed by atoms with Crippen molar-refractivity contribution in [1.82, 2.24) is 0 Å². The van der Waals surface area contributed by atoms with Gasteiger partial charge in [-0.15, -0.1) is 0 Å². The lowest BCUT2D eigenvalue weighted by atomic mass is 9.93. The van der Waals surface area contributed by atoms with Crippen LogP contribution in [-0.2, 0) is 0 Å². The van der Waals surface area contributed by atoms with Crippen molar-refractivity contribution in [1.29, 1.82) is 0 Å². The van der Waals surface area contributed by atoms with Crippen molar-refractivity contribution < 1.29 is 5.11 Å². The van der Waals surface area contributed by atoms with Crippen LogP contribution in [0.5, 0.6) is 0 Å². The molecule has 0 radical (unpaired) electrons. The maximum Gasteiger partial charge on any atom is 0.0433 e. The van der Waals surface area contributed by atoms with E-state index in [0.717, 1.165) is 12.3 Å². The molecule has 0 saturated carbocycles. The van der Waals surface area contributed by atoms with Gasteiger partial charge in [-0.2, -0.15) is 0 Å². The van der Waals surface area contributed by atoms with Crippen LogP contribution in [0.25, 0.3) is 0 Å². The third-order valence-electron chi connectivity index (χ3n) is 2.72. The summed E-state index contributed by atoms with van der Waals surface area (Å²) in [5, 5.41) is 8.89. The van der Waals surface area contributed by atoms with Gasteiger partial charge in [-0.25, -0.2) is 0 Å². The second-order valence-electron chi connectivity index (χ2n) is 4.02. The Hall–Kier alpha value is -0.0400. The van der Waals surface area contributed by atoms with Crippen LogP contribution in [0.2, 0.25) is 0 Å². The Morgan fingerprint density at radius 1 is 0.846 bits per heavy atom. The van der Waals surface area contributed by atoms with Crippen molar-refractivity contribution in [2.24, 2.45) is 5.92 Å². The maximum absolute atomic E-state index is 8.89. The number of aliphatic hydroxyl groups excluding tert-OH is 1. The smallest absolute Gasteiger partial charge is 0.0433 e. The van der Waals surface area contributed by atoms with Gasteiger partial charge in [0.2, 0.25) is 0 Å². The Morgan fingerprint density at radius 2 is 1.46 bits per heavy atom. The standard InChI is InChI=1S/C12H26O/c1-3-5-7-9-12(10-11-13)8-6-4-2/h12-13H,3-11H2,1-2H3. The highest BCUT2D eigenvalue weighted by molar-refractivity contribution is 4.59. The van der Waals surface area contributed by atoms with Crippen LogP contribution in [0.1, 0.15) is 65.2 Å². The first-order chi connectivity index (χ1) is 6.35. The minimum Gasteiger partial charge on any atom is -0.396 e. The van der Waals surface area contributed by atoms with Crippen LogP contribution in [0, 0.1) is 5.92 Å². The first-order valence-corrected chi connectivity index (χ1v) is 5.96. The summed E-state index contributed by atoms with van der Waals surface area (Å²) in [5.74, 6) is 0.788.